The van der Waals surface area contributed by atoms with Crippen LogP contribution >= 0.6 is 0 Å². The topological polar surface area (TPSA) is 17.1 Å². The molecular weight excluding hydrogens is 136 g/mol. The van der Waals surface area contributed by atoms with Gasteiger partial charge in [-0.15, -0.1) is 0 Å². The van der Waals surface area contributed by atoms with Gasteiger partial charge in [-0.25, -0.2) is 0 Å². The zero-order valence-corrected chi connectivity index (χ0v) is 7.76. The van der Waals surface area contributed by atoms with Gasteiger partial charge in [-0.1, -0.05) is 25.5 Å². The molecule has 1 nitrogen and oxygen atoms in total. The fourth-order valence-electron chi connectivity index (χ4n) is 0.805. The van der Waals surface area contributed by atoms with E-state index in [1.54, 1.807) is 0 Å². The first-order valence-electron chi connectivity index (χ1n) is 4.31. The lowest BCUT2D eigenvalue weighted by molar-refractivity contribution is -0.110. The molecule has 0 bridgehead atoms. The Morgan fingerprint density at radius 1 is 1.55 bits per heavy atom. The van der Waals surface area contributed by atoms with Crippen molar-refractivity contribution in [2.45, 2.75) is 40.0 Å². The molecule has 0 heterocycles. The molecule has 0 aliphatic carbocycles. The van der Waals surface area contributed by atoms with Crippen molar-refractivity contribution < 1.29 is 4.79 Å². The van der Waals surface area contributed by atoms with E-state index in [0.29, 0.717) is 0 Å². The van der Waals surface area contributed by atoms with Gasteiger partial charge >= 0.3 is 0 Å². The quantitative estimate of drug-likeness (QED) is 0.439. The number of hydrogen-bond donors (Lipinski definition) is 0. The van der Waals surface area contributed by atoms with Crippen molar-refractivity contribution in [2.24, 2.45) is 5.92 Å². The van der Waals surface area contributed by atoms with Gasteiger partial charge in [0.1, 0.15) is 6.29 Å². The fourth-order valence-corrected chi connectivity index (χ4v) is 0.805. The highest BCUT2D eigenvalue weighted by Crippen LogP contribution is 2.06. The van der Waals surface area contributed by atoms with Crippen molar-refractivity contribution in [3.05, 3.63) is 11.6 Å². The van der Waals surface area contributed by atoms with Crippen molar-refractivity contribution >= 4 is 6.29 Å². The van der Waals surface area contributed by atoms with Crippen LogP contribution in [0.15, 0.2) is 11.6 Å². The standard InChI is InChI=1S/C10H18O/c1-4-9(2)6-5-7-10(3)8-11/h6,8,10H,4-5,7H2,1-3H3/b9-6+/t10-/m0/s1. The Kier molecular flexibility index (Phi) is 5.81. The van der Waals surface area contributed by atoms with Gasteiger partial charge in [-0.3, -0.25) is 0 Å². The third-order valence-corrected chi connectivity index (χ3v) is 1.90. The highest BCUT2D eigenvalue weighted by atomic mass is 16.1. The molecule has 0 saturated carbocycles. The molecule has 0 rings (SSSR count). The summed E-state index contributed by atoms with van der Waals surface area (Å²) in [6.45, 7) is 6.24. The highest BCUT2D eigenvalue weighted by Gasteiger charge is 1.96. The summed E-state index contributed by atoms with van der Waals surface area (Å²) in [6, 6.07) is 0. The number of carbonyl (C=O) groups is 1. The van der Waals surface area contributed by atoms with Gasteiger partial charge in [-0.2, -0.15) is 0 Å². The Balaban J connectivity index is 3.47. The molecule has 0 aromatic carbocycles. The molecule has 0 N–H and O–H groups in total. The Morgan fingerprint density at radius 3 is 2.64 bits per heavy atom. The van der Waals surface area contributed by atoms with Gasteiger partial charge < -0.3 is 4.79 Å². The molecule has 64 valence electrons. The first-order chi connectivity index (χ1) is 5.20. The van der Waals surface area contributed by atoms with E-state index in [1.807, 2.05) is 6.92 Å². The van der Waals surface area contributed by atoms with E-state index in [4.69, 9.17) is 0 Å². The lowest BCUT2D eigenvalue weighted by Crippen LogP contribution is -1.93. The van der Waals surface area contributed by atoms with Crippen molar-refractivity contribution in [3.63, 3.8) is 0 Å². The van der Waals surface area contributed by atoms with Gasteiger partial charge in [0.2, 0.25) is 0 Å². The molecule has 1 atom stereocenters. The van der Waals surface area contributed by atoms with Crippen LogP contribution < -0.4 is 0 Å². The molecule has 0 aromatic rings. The van der Waals surface area contributed by atoms with Crippen LogP contribution in [0, 0.1) is 5.92 Å². The molecule has 0 spiro atoms. The van der Waals surface area contributed by atoms with Crippen LogP contribution in [-0.4, -0.2) is 6.29 Å². The molecule has 0 aromatic heterocycles. The van der Waals surface area contributed by atoms with Gasteiger partial charge in [0.15, 0.2) is 0 Å². The van der Waals surface area contributed by atoms with Crippen molar-refractivity contribution in [3.8, 4) is 0 Å². The lowest BCUT2D eigenvalue weighted by Gasteiger charge is -1.99. The number of rotatable bonds is 5. The Morgan fingerprint density at radius 2 is 2.18 bits per heavy atom. The second-order valence-electron chi connectivity index (χ2n) is 3.09. The summed E-state index contributed by atoms with van der Waals surface area (Å²) >= 11 is 0. The molecule has 0 amide bonds. The second kappa shape index (κ2) is 6.14. The van der Waals surface area contributed by atoms with E-state index in [1.165, 1.54) is 5.57 Å². The molecular formula is C10H18O. The molecule has 0 fully saturated rings. The number of aldehydes is 1. The number of carbonyl (C=O) groups excluding carboxylic acids is 1. The number of hydrogen-bond acceptors (Lipinski definition) is 1. The summed E-state index contributed by atoms with van der Waals surface area (Å²) in [5, 5.41) is 0. The fraction of sp³-hybridized carbons (Fsp3) is 0.700. The van der Waals surface area contributed by atoms with Crippen LogP contribution in [-0.2, 0) is 4.79 Å². The third kappa shape index (κ3) is 5.84. The zero-order valence-electron chi connectivity index (χ0n) is 7.76. The molecule has 11 heavy (non-hydrogen) atoms. The minimum Gasteiger partial charge on any atom is -0.303 e. The lowest BCUT2D eigenvalue weighted by atomic mass is 10.1. The summed E-state index contributed by atoms with van der Waals surface area (Å²) in [4.78, 5) is 10.2. The average molecular weight is 154 g/mol. The third-order valence-electron chi connectivity index (χ3n) is 1.90. The summed E-state index contributed by atoms with van der Waals surface area (Å²) in [5.74, 6) is 0.218. The Labute approximate surface area is 69.5 Å². The summed E-state index contributed by atoms with van der Waals surface area (Å²) in [7, 11) is 0. The van der Waals surface area contributed by atoms with E-state index < -0.39 is 0 Å². The molecule has 0 aliphatic rings. The van der Waals surface area contributed by atoms with E-state index >= 15 is 0 Å². The maximum Gasteiger partial charge on any atom is 0.122 e. The van der Waals surface area contributed by atoms with Gasteiger partial charge in [0.05, 0.1) is 0 Å². The molecule has 0 aliphatic heterocycles. The average Bonchev–Trinajstić information content (AvgIpc) is 2.04. The largest absolute Gasteiger partial charge is 0.303 e. The smallest absolute Gasteiger partial charge is 0.122 e. The van der Waals surface area contributed by atoms with E-state index in [9.17, 15) is 4.79 Å². The van der Waals surface area contributed by atoms with Crippen LogP contribution in [0.4, 0.5) is 0 Å². The predicted octanol–water partition coefficient (Wildman–Crippen LogP) is 2.96. The molecule has 1 heteroatoms. The van der Waals surface area contributed by atoms with Crippen LogP contribution in [0.2, 0.25) is 0 Å². The van der Waals surface area contributed by atoms with Crippen molar-refractivity contribution in [1.29, 1.82) is 0 Å². The maximum atomic E-state index is 10.2. The second-order valence-corrected chi connectivity index (χ2v) is 3.09. The summed E-state index contributed by atoms with van der Waals surface area (Å²) in [6.07, 6.45) is 6.39. The monoisotopic (exact) mass is 154 g/mol. The molecule has 0 saturated heterocycles. The first kappa shape index (κ1) is 10.4. The summed E-state index contributed by atoms with van der Waals surface area (Å²) in [5.41, 5.74) is 1.42. The summed E-state index contributed by atoms with van der Waals surface area (Å²) < 4.78 is 0. The predicted molar refractivity (Wildman–Crippen MR) is 48.5 cm³/mol. The van der Waals surface area contributed by atoms with Crippen molar-refractivity contribution in [1.82, 2.24) is 0 Å². The highest BCUT2D eigenvalue weighted by molar-refractivity contribution is 5.52. The maximum absolute atomic E-state index is 10.2. The normalized spacial score (nSPS) is 14.6. The zero-order chi connectivity index (χ0) is 8.69. The first-order valence-corrected chi connectivity index (χ1v) is 4.31. The SMILES string of the molecule is CC/C(C)=C/CC[C@H](C)C=O. The Hall–Kier alpha value is -0.590. The van der Waals surface area contributed by atoms with Crippen LogP contribution in [0.5, 0.6) is 0 Å². The van der Waals surface area contributed by atoms with Crippen LogP contribution in [0.1, 0.15) is 40.0 Å². The van der Waals surface area contributed by atoms with Gasteiger partial charge in [0.25, 0.3) is 0 Å². The van der Waals surface area contributed by atoms with E-state index in [2.05, 4.69) is 19.9 Å². The Bertz CT molecular complexity index is 136. The molecule has 0 unspecified atom stereocenters. The van der Waals surface area contributed by atoms with Crippen molar-refractivity contribution in [2.75, 3.05) is 0 Å². The van der Waals surface area contributed by atoms with E-state index in [-0.39, 0.29) is 5.92 Å². The minimum absolute atomic E-state index is 0.218. The van der Waals surface area contributed by atoms with Gasteiger partial charge in [0, 0.05) is 5.92 Å². The van der Waals surface area contributed by atoms with E-state index in [0.717, 1.165) is 25.5 Å². The molecule has 0 radical (unpaired) electrons. The minimum atomic E-state index is 0.218. The van der Waals surface area contributed by atoms with Gasteiger partial charge in [-0.05, 0) is 26.2 Å². The number of allylic oxidation sites excluding steroid dienone is 2. The van der Waals surface area contributed by atoms with Crippen LogP contribution in [0.25, 0.3) is 0 Å². The van der Waals surface area contributed by atoms with Crippen LogP contribution in [0.3, 0.4) is 0 Å².